The normalized spacial score (nSPS) is 14.1. The van der Waals surface area contributed by atoms with E-state index in [2.05, 4.69) is 0 Å². The van der Waals surface area contributed by atoms with Crippen molar-refractivity contribution in [3.05, 3.63) is 65.7 Å². The van der Waals surface area contributed by atoms with E-state index >= 15 is 0 Å². The molecule has 0 aliphatic rings. The highest BCUT2D eigenvalue weighted by molar-refractivity contribution is 5.39. The molecule has 0 aliphatic heterocycles. The summed E-state index contributed by atoms with van der Waals surface area (Å²) in [6.45, 7) is -0.223. The fourth-order valence-corrected chi connectivity index (χ4v) is 2.09. The average Bonchev–Trinajstić information content (AvgIpc) is 2.40. The Morgan fingerprint density at radius 1 is 0.944 bits per heavy atom. The van der Waals surface area contributed by atoms with Gasteiger partial charge in [0.15, 0.2) is 0 Å². The van der Waals surface area contributed by atoms with Gasteiger partial charge >= 0.3 is 0 Å². The number of rotatable bonds is 4. The van der Waals surface area contributed by atoms with Gasteiger partial charge in [-0.2, -0.15) is 0 Å². The lowest BCUT2D eigenvalue weighted by atomic mass is 9.85. The van der Waals surface area contributed by atoms with Gasteiger partial charge in [0.1, 0.15) is 5.75 Å². The molecule has 4 N–H and O–H groups in total. The largest absolute Gasteiger partial charge is 0.508 e. The first-order valence-electron chi connectivity index (χ1n) is 5.88. The Morgan fingerprint density at radius 2 is 1.56 bits per heavy atom. The molecule has 0 saturated heterocycles. The van der Waals surface area contributed by atoms with Crippen LogP contribution in [0, 0.1) is 0 Å². The van der Waals surface area contributed by atoms with Crippen LogP contribution in [0.3, 0.4) is 0 Å². The Labute approximate surface area is 107 Å². The molecule has 0 aliphatic carbocycles. The second kappa shape index (κ2) is 5.21. The number of hydrogen-bond donors (Lipinski definition) is 3. The van der Waals surface area contributed by atoms with Gasteiger partial charge in [0.2, 0.25) is 0 Å². The van der Waals surface area contributed by atoms with Crippen LogP contribution in [0.15, 0.2) is 54.6 Å². The highest BCUT2D eigenvalue weighted by Crippen LogP contribution is 2.29. The van der Waals surface area contributed by atoms with Crippen LogP contribution in [0.4, 0.5) is 0 Å². The molecular formula is C15H17NO2. The van der Waals surface area contributed by atoms with E-state index in [1.807, 2.05) is 30.3 Å². The smallest absolute Gasteiger partial charge is 0.120 e. The van der Waals surface area contributed by atoms with Gasteiger partial charge in [-0.15, -0.1) is 0 Å². The minimum absolute atomic E-state index is 0.116. The van der Waals surface area contributed by atoms with Crippen LogP contribution in [0.1, 0.15) is 11.1 Å². The van der Waals surface area contributed by atoms with E-state index in [4.69, 9.17) is 5.73 Å². The van der Waals surface area contributed by atoms with E-state index in [0.29, 0.717) is 12.0 Å². The summed E-state index contributed by atoms with van der Waals surface area (Å²) in [5, 5.41) is 19.5. The Bertz CT molecular complexity index is 513. The monoisotopic (exact) mass is 243 g/mol. The predicted octanol–water partition coefficient (Wildman–Crippen LogP) is 1.78. The van der Waals surface area contributed by atoms with Gasteiger partial charge in [-0.1, -0.05) is 48.5 Å². The Hall–Kier alpha value is -1.84. The molecule has 18 heavy (non-hydrogen) atoms. The summed E-state index contributed by atoms with van der Waals surface area (Å²) >= 11 is 0. The van der Waals surface area contributed by atoms with Crippen molar-refractivity contribution in [1.29, 1.82) is 0 Å². The van der Waals surface area contributed by atoms with Gasteiger partial charge in [0, 0.05) is 5.56 Å². The van der Waals surface area contributed by atoms with Crippen LogP contribution < -0.4 is 5.73 Å². The lowest BCUT2D eigenvalue weighted by molar-refractivity contribution is 0.192. The minimum atomic E-state index is -0.966. The van der Waals surface area contributed by atoms with E-state index in [1.165, 1.54) is 0 Å². The second-order valence-corrected chi connectivity index (χ2v) is 4.49. The van der Waals surface area contributed by atoms with Crippen molar-refractivity contribution in [2.24, 2.45) is 5.73 Å². The van der Waals surface area contributed by atoms with Crippen LogP contribution in [-0.2, 0) is 12.0 Å². The SMILES string of the molecule is N[C@](CO)(Cc1ccccc1)c1ccccc1O. The molecule has 0 saturated carbocycles. The third-order valence-corrected chi connectivity index (χ3v) is 3.08. The van der Waals surface area contributed by atoms with Crippen LogP contribution in [0.5, 0.6) is 5.75 Å². The van der Waals surface area contributed by atoms with Crippen molar-refractivity contribution in [3.8, 4) is 5.75 Å². The van der Waals surface area contributed by atoms with Crippen molar-refractivity contribution in [3.63, 3.8) is 0 Å². The number of aromatic hydroxyl groups is 1. The third-order valence-electron chi connectivity index (χ3n) is 3.08. The minimum Gasteiger partial charge on any atom is -0.508 e. The topological polar surface area (TPSA) is 66.5 Å². The van der Waals surface area contributed by atoms with Crippen molar-refractivity contribution < 1.29 is 10.2 Å². The number of hydrogen-bond acceptors (Lipinski definition) is 3. The third kappa shape index (κ3) is 2.53. The Balaban J connectivity index is 2.34. The molecule has 1 atom stereocenters. The zero-order valence-electron chi connectivity index (χ0n) is 10.1. The first-order valence-corrected chi connectivity index (χ1v) is 5.88. The maximum atomic E-state index is 9.86. The number of para-hydroxylation sites is 1. The summed E-state index contributed by atoms with van der Waals surface area (Å²) in [7, 11) is 0. The molecule has 0 heterocycles. The summed E-state index contributed by atoms with van der Waals surface area (Å²) in [6.07, 6.45) is 0.474. The molecular weight excluding hydrogens is 226 g/mol. The summed E-state index contributed by atoms with van der Waals surface area (Å²) in [5.41, 5.74) is 6.87. The van der Waals surface area contributed by atoms with Gasteiger partial charge in [-0.05, 0) is 18.1 Å². The zero-order valence-corrected chi connectivity index (χ0v) is 10.1. The molecule has 94 valence electrons. The van der Waals surface area contributed by atoms with Crippen LogP contribution in [-0.4, -0.2) is 16.8 Å². The van der Waals surface area contributed by atoms with Crippen molar-refractivity contribution >= 4 is 0 Å². The second-order valence-electron chi connectivity index (χ2n) is 4.49. The molecule has 0 aromatic heterocycles. The fourth-order valence-electron chi connectivity index (χ4n) is 2.09. The number of aliphatic hydroxyl groups excluding tert-OH is 1. The molecule has 2 rings (SSSR count). The Kier molecular flexibility index (Phi) is 3.65. The average molecular weight is 243 g/mol. The molecule has 0 spiro atoms. The number of phenols is 1. The van der Waals surface area contributed by atoms with Gasteiger partial charge in [-0.25, -0.2) is 0 Å². The van der Waals surface area contributed by atoms with Crippen molar-refractivity contribution in [2.45, 2.75) is 12.0 Å². The molecule has 0 unspecified atom stereocenters. The van der Waals surface area contributed by atoms with Gasteiger partial charge in [-0.3, -0.25) is 0 Å². The Morgan fingerprint density at radius 3 is 2.17 bits per heavy atom. The number of phenolic OH excluding ortho intramolecular Hbond substituents is 1. The first kappa shape index (κ1) is 12.6. The standard InChI is InChI=1S/C15H17NO2/c16-15(11-17,10-12-6-2-1-3-7-12)13-8-4-5-9-14(13)18/h1-9,17-18H,10-11,16H2/t15-/m0/s1. The summed E-state index contributed by atoms with van der Waals surface area (Å²) < 4.78 is 0. The molecule has 0 fully saturated rings. The molecule has 0 amide bonds. The number of aliphatic hydroxyl groups is 1. The lowest BCUT2D eigenvalue weighted by Gasteiger charge is -2.28. The molecule has 2 aromatic rings. The first-order chi connectivity index (χ1) is 8.65. The number of nitrogens with two attached hydrogens (primary N) is 1. The van der Waals surface area contributed by atoms with Crippen LogP contribution in [0.2, 0.25) is 0 Å². The zero-order chi connectivity index (χ0) is 13.0. The maximum Gasteiger partial charge on any atom is 0.120 e. The molecule has 2 aromatic carbocycles. The van der Waals surface area contributed by atoms with E-state index in [-0.39, 0.29) is 12.4 Å². The number of benzene rings is 2. The van der Waals surface area contributed by atoms with Crippen molar-refractivity contribution in [2.75, 3.05) is 6.61 Å². The molecule has 0 bridgehead atoms. The fraction of sp³-hybridized carbons (Fsp3) is 0.200. The highest BCUT2D eigenvalue weighted by Gasteiger charge is 2.29. The van der Waals surface area contributed by atoms with Gasteiger partial charge < -0.3 is 15.9 Å². The van der Waals surface area contributed by atoms with E-state index in [0.717, 1.165) is 5.56 Å². The quantitative estimate of drug-likeness (QED) is 0.767. The van der Waals surface area contributed by atoms with E-state index < -0.39 is 5.54 Å². The molecule has 3 heteroatoms. The highest BCUT2D eigenvalue weighted by atomic mass is 16.3. The van der Waals surface area contributed by atoms with E-state index in [9.17, 15) is 10.2 Å². The van der Waals surface area contributed by atoms with Gasteiger partial charge in [0.05, 0.1) is 12.1 Å². The van der Waals surface area contributed by atoms with E-state index in [1.54, 1.807) is 24.3 Å². The molecule has 3 nitrogen and oxygen atoms in total. The predicted molar refractivity (Wildman–Crippen MR) is 71.2 cm³/mol. The van der Waals surface area contributed by atoms with Crippen LogP contribution >= 0.6 is 0 Å². The maximum absolute atomic E-state index is 9.86. The summed E-state index contributed by atoms with van der Waals surface area (Å²) in [6, 6.07) is 16.6. The van der Waals surface area contributed by atoms with Crippen molar-refractivity contribution in [1.82, 2.24) is 0 Å². The summed E-state index contributed by atoms with van der Waals surface area (Å²) in [4.78, 5) is 0. The molecule has 0 radical (unpaired) electrons. The summed E-state index contributed by atoms with van der Waals surface area (Å²) in [5.74, 6) is 0.116. The van der Waals surface area contributed by atoms with Crippen LogP contribution in [0.25, 0.3) is 0 Å². The lowest BCUT2D eigenvalue weighted by Crippen LogP contribution is -2.42. The van der Waals surface area contributed by atoms with Gasteiger partial charge in [0.25, 0.3) is 0 Å².